The van der Waals surface area contributed by atoms with Crippen molar-refractivity contribution in [3.8, 4) is 0 Å². The number of halogens is 1. The van der Waals surface area contributed by atoms with Crippen LogP contribution in [0.2, 0.25) is 0 Å². The van der Waals surface area contributed by atoms with Crippen LogP contribution in [-0.4, -0.2) is 35.6 Å². The molecule has 4 heteroatoms. The van der Waals surface area contributed by atoms with Crippen LogP contribution in [0.4, 0.5) is 4.39 Å². The summed E-state index contributed by atoms with van der Waals surface area (Å²) in [4.78, 5) is 14.1. The predicted molar refractivity (Wildman–Crippen MR) is 58.5 cm³/mol. The monoisotopic (exact) mass is 226 g/mol. The van der Waals surface area contributed by atoms with E-state index in [1.165, 1.54) is 0 Å². The lowest BCUT2D eigenvalue weighted by molar-refractivity contribution is -0.140. The van der Waals surface area contributed by atoms with Gasteiger partial charge in [0.2, 0.25) is 5.91 Å². The topological polar surface area (TPSA) is 46.3 Å². The van der Waals surface area contributed by atoms with Gasteiger partial charge in [0.25, 0.3) is 0 Å². The van der Waals surface area contributed by atoms with Gasteiger partial charge in [0.15, 0.2) is 0 Å². The molecule has 3 aliphatic rings. The van der Waals surface area contributed by atoms with Crippen molar-refractivity contribution in [2.75, 3.05) is 13.1 Å². The number of hydrogen-bond donors (Lipinski definition) is 1. The van der Waals surface area contributed by atoms with Crippen LogP contribution in [0, 0.1) is 5.41 Å². The Labute approximate surface area is 95.2 Å². The van der Waals surface area contributed by atoms with E-state index in [0.29, 0.717) is 19.5 Å². The Hall–Kier alpha value is -0.640. The largest absolute Gasteiger partial charge is 0.339 e. The Morgan fingerprint density at radius 1 is 1.31 bits per heavy atom. The Kier molecular flexibility index (Phi) is 2.09. The molecule has 2 aliphatic carbocycles. The van der Waals surface area contributed by atoms with Crippen LogP contribution in [0.1, 0.15) is 38.5 Å². The van der Waals surface area contributed by atoms with Crippen LogP contribution in [0.25, 0.3) is 0 Å². The number of alkyl halides is 1. The minimum absolute atomic E-state index is 0.0928. The molecule has 0 aromatic rings. The van der Waals surface area contributed by atoms with Crippen LogP contribution in [-0.2, 0) is 4.79 Å². The van der Waals surface area contributed by atoms with Crippen molar-refractivity contribution in [3.05, 3.63) is 0 Å². The maximum atomic E-state index is 13.1. The molecule has 0 aromatic heterocycles. The standard InChI is InChI=1S/C12H19FN2O/c13-9-1-6-15(7-9)10(16)11-2-4-12(14,8-11)5-3-11/h9H,1-8,14H2. The van der Waals surface area contributed by atoms with Gasteiger partial charge in [0, 0.05) is 12.1 Å². The molecule has 1 heterocycles. The molecule has 1 saturated heterocycles. The summed E-state index contributed by atoms with van der Waals surface area (Å²) in [6.07, 6.45) is 4.27. The molecule has 2 bridgehead atoms. The molecule has 2 saturated carbocycles. The molecule has 90 valence electrons. The van der Waals surface area contributed by atoms with Crippen molar-refractivity contribution in [1.29, 1.82) is 0 Å². The van der Waals surface area contributed by atoms with Crippen molar-refractivity contribution in [3.63, 3.8) is 0 Å². The Bertz CT molecular complexity index is 323. The molecule has 0 aromatic carbocycles. The minimum Gasteiger partial charge on any atom is -0.339 e. The first kappa shape index (κ1) is 10.5. The van der Waals surface area contributed by atoms with E-state index in [2.05, 4.69) is 0 Å². The molecule has 1 unspecified atom stereocenters. The highest BCUT2D eigenvalue weighted by molar-refractivity contribution is 5.84. The highest BCUT2D eigenvalue weighted by atomic mass is 19.1. The van der Waals surface area contributed by atoms with Crippen molar-refractivity contribution >= 4 is 5.91 Å². The zero-order valence-electron chi connectivity index (χ0n) is 9.54. The van der Waals surface area contributed by atoms with E-state index in [9.17, 15) is 9.18 Å². The number of rotatable bonds is 1. The molecule has 2 N–H and O–H groups in total. The summed E-state index contributed by atoms with van der Waals surface area (Å²) in [6, 6.07) is 0. The Morgan fingerprint density at radius 2 is 2.00 bits per heavy atom. The molecule has 1 atom stereocenters. The van der Waals surface area contributed by atoms with E-state index in [4.69, 9.17) is 5.73 Å². The predicted octanol–water partition coefficient (Wildman–Crippen LogP) is 1.22. The first-order chi connectivity index (χ1) is 7.53. The second-order valence-corrected chi connectivity index (χ2v) is 5.96. The van der Waals surface area contributed by atoms with E-state index >= 15 is 0 Å². The molecule has 3 rings (SSSR count). The maximum Gasteiger partial charge on any atom is 0.228 e. The minimum atomic E-state index is -0.814. The fourth-order valence-electron chi connectivity index (χ4n) is 3.78. The Balaban J connectivity index is 1.76. The fourth-order valence-corrected chi connectivity index (χ4v) is 3.78. The second-order valence-electron chi connectivity index (χ2n) is 5.96. The van der Waals surface area contributed by atoms with Gasteiger partial charge in [-0.15, -0.1) is 0 Å². The second kappa shape index (κ2) is 3.19. The van der Waals surface area contributed by atoms with Gasteiger partial charge < -0.3 is 10.6 Å². The van der Waals surface area contributed by atoms with Crippen molar-refractivity contribution < 1.29 is 9.18 Å². The highest BCUT2D eigenvalue weighted by Gasteiger charge is 2.57. The number of hydrogen-bond acceptors (Lipinski definition) is 2. The molecule has 0 radical (unpaired) electrons. The molecular formula is C12H19FN2O. The first-order valence-corrected chi connectivity index (χ1v) is 6.25. The first-order valence-electron chi connectivity index (χ1n) is 6.25. The third-order valence-electron chi connectivity index (χ3n) is 4.76. The molecule has 1 amide bonds. The molecule has 1 aliphatic heterocycles. The average Bonchev–Trinajstić information content (AvgIpc) is 2.90. The molecule has 3 fully saturated rings. The number of carbonyl (C=O) groups is 1. The average molecular weight is 226 g/mol. The van der Waals surface area contributed by atoms with Crippen LogP contribution in [0.3, 0.4) is 0 Å². The summed E-state index contributed by atoms with van der Waals surface area (Å²) in [7, 11) is 0. The summed E-state index contributed by atoms with van der Waals surface area (Å²) in [5.74, 6) is 0.178. The van der Waals surface area contributed by atoms with E-state index in [1.54, 1.807) is 4.90 Å². The van der Waals surface area contributed by atoms with Gasteiger partial charge in [-0.2, -0.15) is 0 Å². The summed E-state index contributed by atoms with van der Waals surface area (Å²) in [5, 5.41) is 0. The van der Waals surface area contributed by atoms with Crippen LogP contribution in [0.5, 0.6) is 0 Å². The SMILES string of the molecule is NC12CCC(C(=O)N3CCC(F)C3)(CC1)C2. The van der Waals surface area contributed by atoms with E-state index in [-0.39, 0.29) is 16.9 Å². The van der Waals surface area contributed by atoms with Gasteiger partial charge >= 0.3 is 0 Å². The normalized spacial score (nSPS) is 46.6. The number of fused-ring (bicyclic) bond motifs is 2. The van der Waals surface area contributed by atoms with Gasteiger partial charge in [0.1, 0.15) is 6.17 Å². The number of likely N-dealkylation sites (tertiary alicyclic amines) is 1. The van der Waals surface area contributed by atoms with Gasteiger partial charge in [0.05, 0.1) is 12.0 Å². The van der Waals surface area contributed by atoms with Crippen LogP contribution >= 0.6 is 0 Å². The summed E-state index contributed by atoms with van der Waals surface area (Å²) in [5.41, 5.74) is 5.89. The number of amides is 1. The van der Waals surface area contributed by atoms with Crippen LogP contribution < -0.4 is 5.73 Å². The number of nitrogens with zero attached hydrogens (tertiary/aromatic N) is 1. The lowest BCUT2D eigenvalue weighted by Gasteiger charge is -2.30. The number of carbonyl (C=O) groups excluding carboxylic acids is 1. The summed E-state index contributed by atoms with van der Waals surface area (Å²) in [6.45, 7) is 0.900. The van der Waals surface area contributed by atoms with E-state index in [1.807, 2.05) is 0 Å². The quantitative estimate of drug-likeness (QED) is 0.730. The zero-order valence-corrected chi connectivity index (χ0v) is 9.54. The maximum absolute atomic E-state index is 13.1. The van der Waals surface area contributed by atoms with Gasteiger partial charge in [-0.1, -0.05) is 0 Å². The molecule has 3 nitrogen and oxygen atoms in total. The smallest absolute Gasteiger partial charge is 0.228 e. The van der Waals surface area contributed by atoms with Crippen molar-refractivity contribution in [2.45, 2.75) is 50.2 Å². The highest BCUT2D eigenvalue weighted by Crippen LogP contribution is 2.56. The van der Waals surface area contributed by atoms with Gasteiger partial charge in [-0.25, -0.2) is 4.39 Å². The molecule has 0 spiro atoms. The molecule has 16 heavy (non-hydrogen) atoms. The Morgan fingerprint density at radius 3 is 2.44 bits per heavy atom. The number of nitrogens with two attached hydrogens (primary N) is 1. The lowest BCUT2D eigenvalue weighted by Crippen LogP contribution is -2.40. The fraction of sp³-hybridized carbons (Fsp3) is 0.917. The van der Waals surface area contributed by atoms with E-state index < -0.39 is 6.17 Å². The van der Waals surface area contributed by atoms with Crippen molar-refractivity contribution in [2.24, 2.45) is 11.1 Å². The van der Waals surface area contributed by atoms with Gasteiger partial charge in [-0.3, -0.25) is 4.79 Å². The van der Waals surface area contributed by atoms with Gasteiger partial charge in [-0.05, 0) is 38.5 Å². The van der Waals surface area contributed by atoms with Crippen LogP contribution in [0.15, 0.2) is 0 Å². The van der Waals surface area contributed by atoms with E-state index in [0.717, 1.165) is 32.1 Å². The zero-order chi connectivity index (χ0) is 11.4. The molecular weight excluding hydrogens is 207 g/mol. The van der Waals surface area contributed by atoms with Crippen molar-refractivity contribution in [1.82, 2.24) is 4.90 Å². The third kappa shape index (κ3) is 1.39. The lowest BCUT2D eigenvalue weighted by atomic mass is 9.82. The summed E-state index contributed by atoms with van der Waals surface area (Å²) < 4.78 is 13.1. The third-order valence-corrected chi connectivity index (χ3v) is 4.76. The summed E-state index contributed by atoms with van der Waals surface area (Å²) >= 11 is 0.